The van der Waals surface area contributed by atoms with Gasteiger partial charge >= 0.3 is 0 Å². The molecule has 0 aliphatic rings. The van der Waals surface area contributed by atoms with Crippen molar-refractivity contribution < 1.29 is 22.8 Å². The summed E-state index contributed by atoms with van der Waals surface area (Å²) < 4.78 is 40.9. The van der Waals surface area contributed by atoms with Gasteiger partial charge in [0.2, 0.25) is 0 Å². The van der Waals surface area contributed by atoms with Crippen LogP contribution in [0.2, 0.25) is 0 Å². The molecule has 19 heavy (non-hydrogen) atoms. The lowest BCUT2D eigenvalue weighted by atomic mass is 10.1. The molecule has 102 valence electrons. The third-order valence-electron chi connectivity index (χ3n) is 2.55. The van der Waals surface area contributed by atoms with Gasteiger partial charge in [0.05, 0.1) is 19.8 Å². The van der Waals surface area contributed by atoms with E-state index in [1.165, 1.54) is 32.4 Å². The Hall–Kier alpha value is -2.31. The van der Waals surface area contributed by atoms with E-state index in [2.05, 4.69) is 5.16 Å². The maximum Gasteiger partial charge on any atom is 0.264 e. The van der Waals surface area contributed by atoms with Crippen LogP contribution >= 0.6 is 0 Å². The van der Waals surface area contributed by atoms with Crippen LogP contribution in [-0.4, -0.2) is 19.4 Å². The molecule has 7 heteroatoms. The van der Waals surface area contributed by atoms with Gasteiger partial charge in [0.25, 0.3) is 6.43 Å². The minimum Gasteiger partial charge on any atom is -0.493 e. The Morgan fingerprint density at radius 1 is 1.21 bits per heavy atom. The van der Waals surface area contributed by atoms with Gasteiger partial charge in [-0.05, 0) is 12.1 Å². The SMILES string of the molecule is COc1cc(C(F)F)cc(-c2cc(N)no2)c1OC. The fraction of sp³-hybridized carbons (Fsp3) is 0.250. The molecule has 0 saturated carbocycles. The molecule has 5 nitrogen and oxygen atoms in total. The highest BCUT2D eigenvalue weighted by Crippen LogP contribution is 2.41. The Kier molecular flexibility index (Phi) is 3.55. The van der Waals surface area contributed by atoms with Crippen molar-refractivity contribution in [3.63, 3.8) is 0 Å². The first kappa shape index (κ1) is 13.1. The number of nitrogen functional groups attached to an aromatic ring is 1. The molecule has 0 aliphatic heterocycles. The summed E-state index contributed by atoms with van der Waals surface area (Å²) in [7, 11) is 2.77. The van der Waals surface area contributed by atoms with Crippen LogP contribution in [0, 0.1) is 0 Å². The maximum absolute atomic E-state index is 12.9. The van der Waals surface area contributed by atoms with Gasteiger partial charge in [-0.1, -0.05) is 5.16 Å². The molecular weight excluding hydrogens is 258 g/mol. The van der Waals surface area contributed by atoms with Crippen LogP contribution in [0.3, 0.4) is 0 Å². The number of ether oxygens (including phenoxy) is 2. The van der Waals surface area contributed by atoms with Gasteiger partial charge in [0.15, 0.2) is 23.1 Å². The van der Waals surface area contributed by atoms with E-state index < -0.39 is 6.43 Å². The number of aromatic nitrogens is 1. The lowest BCUT2D eigenvalue weighted by Crippen LogP contribution is -1.96. The fourth-order valence-electron chi connectivity index (χ4n) is 1.71. The normalized spacial score (nSPS) is 10.8. The summed E-state index contributed by atoms with van der Waals surface area (Å²) in [6.07, 6.45) is -2.64. The number of benzene rings is 1. The molecule has 0 spiro atoms. The smallest absolute Gasteiger partial charge is 0.264 e. The molecule has 0 aliphatic carbocycles. The molecule has 0 radical (unpaired) electrons. The molecule has 0 fully saturated rings. The number of hydrogen-bond acceptors (Lipinski definition) is 5. The Balaban J connectivity index is 2.65. The highest BCUT2D eigenvalue weighted by Gasteiger charge is 2.20. The van der Waals surface area contributed by atoms with Crippen molar-refractivity contribution in [1.82, 2.24) is 5.16 Å². The van der Waals surface area contributed by atoms with E-state index in [1.54, 1.807) is 0 Å². The van der Waals surface area contributed by atoms with E-state index in [4.69, 9.17) is 19.7 Å². The lowest BCUT2D eigenvalue weighted by molar-refractivity contribution is 0.151. The van der Waals surface area contributed by atoms with Gasteiger partial charge in [0.1, 0.15) is 0 Å². The molecule has 2 rings (SSSR count). The second-order valence-corrected chi connectivity index (χ2v) is 3.72. The average Bonchev–Trinajstić information content (AvgIpc) is 2.83. The second kappa shape index (κ2) is 5.13. The molecular formula is C12H12F2N2O3. The average molecular weight is 270 g/mol. The first-order chi connectivity index (χ1) is 9.06. The summed E-state index contributed by atoms with van der Waals surface area (Å²) in [5.41, 5.74) is 5.55. The number of hydrogen-bond donors (Lipinski definition) is 1. The minimum atomic E-state index is -2.64. The molecule has 0 bridgehead atoms. The fourth-order valence-corrected chi connectivity index (χ4v) is 1.71. The third kappa shape index (κ3) is 2.44. The van der Waals surface area contributed by atoms with Crippen LogP contribution in [0.15, 0.2) is 22.7 Å². The van der Waals surface area contributed by atoms with Crippen LogP contribution < -0.4 is 15.2 Å². The molecule has 1 aromatic carbocycles. The predicted octanol–water partition coefficient (Wildman–Crippen LogP) is 2.88. The van der Waals surface area contributed by atoms with Gasteiger partial charge in [-0.25, -0.2) is 8.78 Å². The Morgan fingerprint density at radius 3 is 2.42 bits per heavy atom. The van der Waals surface area contributed by atoms with Gasteiger partial charge in [-0.15, -0.1) is 0 Å². The van der Waals surface area contributed by atoms with Crippen LogP contribution in [0.4, 0.5) is 14.6 Å². The number of anilines is 1. The molecule has 0 unspecified atom stereocenters. The second-order valence-electron chi connectivity index (χ2n) is 3.72. The zero-order chi connectivity index (χ0) is 14.0. The van der Waals surface area contributed by atoms with Crippen LogP contribution in [0.1, 0.15) is 12.0 Å². The van der Waals surface area contributed by atoms with Crippen molar-refractivity contribution in [2.45, 2.75) is 6.43 Å². The maximum atomic E-state index is 12.9. The number of alkyl halides is 2. The lowest BCUT2D eigenvalue weighted by Gasteiger charge is -2.13. The number of methoxy groups -OCH3 is 2. The van der Waals surface area contributed by atoms with Gasteiger partial charge in [-0.3, -0.25) is 0 Å². The van der Waals surface area contributed by atoms with Crippen molar-refractivity contribution in [1.29, 1.82) is 0 Å². The van der Waals surface area contributed by atoms with Gasteiger partial charge in [0, 0.05) is 11.6 Å². The molecule has 0 amide bonds. The monoisotopic (exact) mass is 270 g/mol. The Morgan fingerprint density at radius 2 is 1.95 bits per heavy atom. The van der Waals surface area contributed by atoms with Crippen LogP contribution in [0.25, 0.3) is 11.3 Å². The van der Waals surface area contributed by atoms with E-state index in [9.17, 15) is 8.78 Å². The molecule has 2 aromatic rings. The standard InChI is InChI=1S/C12H12F2N2O3/c1-17-9-4-6(12(13)14)3-7(11(9)18-2)8-5-10(15)16-19-8/h3-5,12H,1-2H3,(H2,15,16). The summed E-state index contributed by atoms with van der Waals surface area (Å²) in [6, 6.07) is 3.89. The zero-order valence-corrected chi connectivity index (χ0v) is 10.3. The predicted molar refractivity (Wildman–Crippen MR) is 64.4 cm³/mol. The van der Waals surface area contributed by atoms with Crippen molar-refractivity contribution in [2.24, 2.45) is 0 Å². The molecule has 0 saturated heterocycles. The summed E-state index contributed by atoms with van der Waals surface area (Å²) in [6.45, 7) is 0. The summed E-state index contributed by atoms with van der Waals surface area (Å²) in [4.78, 5) is 0. The quantitative estimate of drug-likeness (QED) is 0.924. The first-order valence-electron chi connectivity index (χ1n) is 5.33. The minimum absolute atomic E-state index is 0.151. The van der Waals surface area contributed by atoms with Crippen LogP contribution in [0.5, 0.6) is 11.5 Å². The van der Waals surface area contributed by atoms with Gasteiger partial charge < -0.3 is 19.7 Å². The van der Waals surface area contributed by atoms with E-state index in [0.29, 0.717) is 5.56 Å². The van der Waals surface area contributed by atoms with E-state index in [1.807, 2.05) is 0 Å². The van der Waals surface area contributed by atoms with E-state index >= 15 is 0 Å². The molecule has 1 aromatic heterocycles. The summed E-state index contributed by atoms with van der Waals surface area (Å²) in [5, 5.41) is 3.52. The first-order valence-corrected chi connectivity index (χ1v) is 5.33. The number of nitrogens with two attached hydrogens (primary N) is 1. The zero-order valence-electron chi connectivity index (χ0n) is 10.3. The van der Waals surface area contributed by atoms with E-state index in [0.717, 1.165) is 0 Å². The highest BCUT2D eigenvalue weighted by molar-refractivity contribution is 5.72. The Bertz CT molecular complexity index is 584. The van der Waals surface area contributed by atoms with E-state index in [-0.39, 0.29) is 28.6 Å². The highest BCUT2D eigenvalue weighted by atomic mass is 19.3. The Labute approximate surface area is 107 Å². The molecule has 1 heterocycles. The van der Waals surface area contributed by atoms with Crippen molar-refractivity contribution in [3.05, 3.63) is 23.8 Å². The topological polar surface area (TPSA) is 70.5 Å². The number of nitrogens with zero attached hydrogens (tertiary/aromatic N) is 1. The van der Waals surface area contributed by atoms with Crippen molar-refractivity contribution in [3.8, 4) is 22.8 Å². The van der Waals surface area contributed by atoms with Crippen LogP contribution in [-0.2, 0) is 0 Å². The summed E-state index contributed by atoms with van der Waals surface area (Å²) in [5.74, 6) is 0.849. The number of halogens is 2. The van der Waals surface area contributed by atoms with Crippen molar-refractivity contribution >= 4 is 5.82 Å². The third-order valence-corrected chi connectivity index (χ3v) is 2.55. The number of rotatable bonds is 4. The van der Waals surface area contributed by atoms with Gasteiger partial charge in [-0.2, -0.15) is 0 Å². The van der Waals surface area contributed by atoms with Crippen molar-refractivity contribution in [2.75, 3.05) is 20.0 Å². The molecule has 2 N–H and O–H groups in total. The largest absolute Gasteiger partial charge is 0.493 e. The summed E-state index contributed by atoms with van der Waals surface area (Å²) >= 11 is 0. The molecule has 0 atom stereocenters.